The van der Waals surface area contributed by atoms with Gasteiger partial charge in [0.05, 0.1) is 24.9 Å². The van der Waals surface area contributed by atoms with Gasteiger partial charge in [0.1, 0.15) is 0 Å². The molecule has 1 unspecified atom stereocenters. The Morgan fingerprint density at radius 2 is 2.13 bits per heavy atom. The van der Waals surface area contributed by atoms with Crippen molar-refractivity contribution in [2.45, 2.75) is 45.3 Å². The molecule has 30 heavy (non-hydrogen) atoms. The number of aromatic nitrogens is 2. The molecule has 0 aliphatic carbocycles. The Morgan fingerprint density at radius 1 is 1.33 bits per heavy atom. The lowest BCUT2D eigenvalue weighted by Crippen LogP contribution is -2.34. The fraction of sp³-hybridized carbons (Fsp3) is 0.409. The van der Waals surface area contributed by atoms with Crippen molar-refractivity contribution in [2.75, 3.05) is 13.7 Å². The Kier molecular flexibility index (Phi) is 6.15. The summed E-state index contributed by atoms with van der Waals surface area (Å²) in [6.45, 7) is 4.18. The first kappa shape index (κ1) is 20.6. The van der Waals surface area contributed by atoms with Crippen LogP contribution in [0.4, 0.5) is 0 Å². The third-order valence-electron chi connectivity index (χ3n) is 5.58. The summed E-state index contributed by atoms with van der Waals surface area (Å²) >= 11 is 1.63. The molecule has 4 rings (SSSR count). The van der Waals surface area contributed by atoms with E-state index >= 15 is 0 Å². The number of carbonyl (C=O) groups excluding carboxylic acids is 2. The lowest BCUT2D eigenvalue weighted by molar-refractivity contribution is -0.129. The number of imidazole rings is 1. The molecular formula is C22H26N4O3S. The number of rotatable bonds is 8. The number of fused-ring (bicyclic) bond motifs is 1. The number of esters is 1. The largest absolute Gasteiger partial charge is 0.465 e. The molecule has 7 nitrogen and oxygen atoms in total. The van der Waals surface area contributed by atoms with Crippen molar-refractivity contribution >= 4 is 28.2 Å². The number of likely N-dealkylation sites (tertiary alicyclic amines) is 1. The topological polar surface area (TPSA) is 75.9 Å². The molecule has 8 heteroatoms. The number of benzene rings is 1. The van der Waals surface area contributed by atoms with Gasteiger partial charge in [0.2, 0.25) is 5.91 Å². The summed E-state index contributed by atoms with van der Waals surface area (Å²) in [5, 5.41) is 5.53. The van der Waals surface area contributed by atoms with Gasteiger partial charge in [0.25, 0.3) is 0 Å². The maximum atomic E-state index is 12.4. The first-order chi connectivity index (χ1) is 14.5. The van der Waals surface area contributed by atoms with Crippen molar-refractivity contribution in [2.24, 2.45) is 0 Å². The van der Waals surface area contributed by atoms with E-state index < -0.39 is 0 Å². The standard InChI is InChI=1S/C22H26N4O3S/c1-15-14-30-22-24-18(12-25(15)22)13-26-19(7-8-20(26)27)9-10-23-11-16-3-5-17(6-4-16)21(28)29-2/h3-6,12,14,19,23H,7-11,13H2,1-2H3. The van der Waals surface area contributed by atoms with Crippen molar-refractivity contribution in [1.29, 1.82) is 0 Å². The van der Waals surface area contributed by atoms with E-state index in [1.54, 1.807) is 23.5 Å². The SMILES string of the molecule is COC(=O)c1ccc(CNCCC2CCC(=O)N2Cc2cn3c(C)csc3n2)cc1. The van der Waals surface area contributed by atoms with Crippen molar-refractivity contribution < 1.29 is 14.3 Å². The van der Waals surface area contributed by atoms with Crippen LogP contribution in [0.2, 0.25) is 0 Å². The zero-order chi connectivity index (χ0) is 21.1. The minimum absolute atomic E-state index is 0.214. The summed E-state index contributed by atoms with van der Waals surface area (Å²) < 4.78 is 6.81. The molecule has 1 aliphatic rings. The van der Waals surface area contributed by atoms with Crippen molar-refractivity contribution in [1.82, 2.24) is 19.6 Å². The van der Waals surface area contributed by atoms with Crippen LogP contribution in [0.25, 0.3) is 4.96 Å². The number of ether oxygens (including phenoxy) is 1. The smallest absolute Gasteiger partial charge is 0.337 e. The maximum absolute atomic E-state index is 12.4. The van der Waals surface area contributed by atoms with E-state index in [-0.39, 0.29) is 17.9 Å². The number of aryl methyl sites for hydroxylation is 1. The van der Waals surface area contributed by atoms with Crippen LogP contribution in [-0.4, -0.2) is 45.9 Å². The third kappa shape index (κ3) is 4.39. The summed E-state index contributed by atoms with van der Waals surface area (Å²) in [5.74, 6) is -0.111. The second kappa shape index (κ2) is 8.97. The van der Waals surface area contributed by atoms with Gasteiger partial charge in [-0.25, -0.2) is 9.78 Å². The second-order valence-corrected chi connectivity index (χ2v) is 8.47. The van der Waals surface area contributed by atoms with Crippen molar-refractivity contribution in [3.63, 3.8) is 0 Å². The molecule has 1 fully saturated rings. The van der Waals surface area contributed by atoms with E-state index in [9.17, 15) is 9.59 Å². The molecule has 0 bridgehead atoms. The lowest BCUT2D eigenvalue weighted by Gasteiger charge is -2.24. The van der Waals surface area contributed by atoms with Gasteiger partial charge in [-0.15, -0.1) is 11.3 Å². The minimum Gasteiger partial charge on any atom is -0.465 e. The lowest BCUT2D eigenvalue weighted by atomic mass is 10.1. The zero-order valence-corrected chi connectivity index (χ0v) is 18.1. The van der Waals surface area contributed by atoms with E-state index in [0.29, 0.717) is 18.5 Å². The number of nitrogens with one attached hydrogen (secondary N) is 1. The van der Waals surface area contributed by atoms with Gasteiger partial charge in [0, 0.05) is 36.3 Å². The number of nitrogens with zero attached hydrogens (tertiary/aromatic N) is 3. The fourth-order valence-electron chi connectivity index (χ4n) is 3.88. The molecule has 1 aromatic carbocycles. The molecule has 1 aliphatic heterocycles. The third-order valence-corrected chi connectivity index (χ3v) is 6.54. The highest BCUT2D eigenvalue weighted by Gasteiger charge is 2.31. The second-order valence-electron chi connectivity index (χ2n) is 7.63. The van der Waals surface area contributed by atoms with Gasteiger partial charge < -0.3 is 15.0 Å². The molecule has 1 atom stereocenters. The van der Waals surface area contributed by atoms with Crippen molar-refractivity contribution in [3.8, 4) is 0 Å². The molecule has 158 valence electrons. The quantitative estimate of drug-likeness (QED) is 0.442. The minimum atomic E-state index is -0.326. The molecule has 0 saturated carbocycles. The van der Waals surface area contributed by atoms with E-state index in [1.165, 1.54) is 12.8 Å². The van der Waals surface area contributed by atoms with Gasteiger partial charge in [0.15, 0.2) is 4.96 Å². The van der Waals surface area contributed by atoms with Crippen LogP contribution in [0.5, 0.6) is 0 Å². The number of thiazole rings is 1. The number of amides is 1. The molecular weight excluding hydrogens is 400 g/mol. The van der Waals surface area contributed by atoms with Crippen LogP contribution in [0.1, 0.15) is 46.6 Å². The number of hydrogen-bond acceptors (Lipinski definition) is 6. The predicted octanol–water partition coefficient (Wildman–Crippen LogP) is 3.16. The Labute approximate surface area is 179 Å². The molecule has 0 radical (unpaired) electrons. The average molecular weight is 427 g/mol. The summed E-state index contributed by atoms with van der Waals surface area (Å²) in [7, 11) is 1.38. The molecule has 3 heterocycles. The highest BCUT2D eigenvalue weighted by molar-refractivity contribution is 7.15. The van der Waals surface area contributed by atoms with E-state index in [0.717, 1.165) is 42.1 Å². The molecule has 1 saturated heterocycles. The molecule has 2 aromatic heterocycles. The number of hydrogen-bond donors (Lipinski definition) is 1. The summed E-state index contributed by atoms with van der Waals surface area (Å²) in [6.07, 6.45) is 4.46. The summed E-state index contributed by atoms with van der Waals surface area (Å²) in [4.78, 5) is 31.5. The Balaban J connectivity index is 1.28. The molecule has 3 aromatic rings. The van der Waals surface area contributed by atoms with Crippen LogP contribution >= 0.6 is 11.3 Å². The van der Waals surface area contributed by atoms with E-state index in [1.807, 2.05) is 23.2 Å². The maximum Gasteiger partial charge on any atom is 0.337 e. The van der Waals surface area contributed by atoms with Crippen LogP contribution < -0.4 is 5.32 Å². The first-order valence-electron chi connectivity index (χ1n) is 10.1. The Morgan fingerprint density at radius 3 is 2.87 bits per heavy atom. The Bertz CT molecular complexity index is 1040. The highest BCUT2D eigenvalue weighted by atomic mass is 32.1. The van der Waals surface area contributed by atoms with Crippen molar-refractivity contribution in [3.05, 3.63) is 58.4 Å². The first-order valence-corrected chi connectivity index (χ1v) is 11.0. The normalized spacial score (nSPS) is 16.5. The fourth-order valence-corrected chi connectivity index (χ4v) is 4.75. The Hall–Kier alpha value is -2.71. The van der Waals surface area contributed by atoms with Gasteiger partial charge in [-0.2, -0.15) is 0 Å². The van der Waals surface area contributed by atoms with Crippen LogP contribution in [0.3, 0.4) is 0 Å². The zero-order valence-electron chi connectivity index (χ0n) is 17.3. The van der Waals surface area contributed by atoms with E-state index in [4.69, 9.17) is 4.74 Å². The number of carbonyl (C=O) groups is 2. The van der Waals surface area contributed by atoms with Crippen LogP contribution in [0, 0.1) is 6.92 Å². The van der Waals surface area contributed by atoms with E-state index in [2.05, 4.69) is 27.0 Å². The van der Waals surface area contributed by atoms with Gasteiger partial charge >= 0.3 is 5.97 Å². The number of methoxy groups -OCH3 is 1. The van der Waals surface area contributed by atoms with Gasteiger partial charge in [-0.1, -0.05) is 12.1 Å². The molecule has 1 N–H and O–H groups in total. The van der Waals surface area contributed by atoms with Crippen LogP contribution in [-0.2, 0) is 22.6 Å². The van der Waals surface area contributed by atoms with Gasteiger partial charge in [-0.3, -0.25) is 9.20 Å². The summed E-state index contributed by atoms with van der Waals surface area (Å²) in [5.41, 5.74) is 3.77. The van der Waals surface area contributed by atoms with Crippen LogP contribution in [0.15, 0.2) is 35.8 Å². The highest BCUT2D eigenvalue weighted by Crippen LogP contribution is 2.24. The predicted molar refractivity (Wildman–Crippen MR) is 115 cm³/mol. The summed E-state index contributed by atoms with van der Waals surface area (Å²) in [6, 6.07) is 7.65. The molecule has 0 spiro atoms. The molecule has 1 amide bonds. The monoisotopic (exact) mass is 426 g/mol. The van der Waals surface area contributed by atoms with Gasteiger partial charge in [-0.05, 0) is 44.0 Å². The average Bonchev–Trinajstić information content (AvgIpc) is 3.42.